The maximum atomic E-state index is 11.7. The molecule has 0 bridgehead atoms. The maximum Gasteiger partial charge on any atom is 0.326 e. The molecular formula is C13H14ClN3O3. The van der Waals surface area contributed by atoms with Crippen molar-refractivity contribution in [2.24, 2.45) is 0 Å². The van der Waals surface area contributed by atoms with Gasteiger partial charge in [-0.3, -0.25) is 0 Å². The lowest BCUT2D eigenvalue weighted by Crippen LogP contribution is -2.42. The number of carbonyl (C=O) groups excluding carboxylic acids is 1. The standard InChI is InChI=1S/C13H14ClN3O3/c1-2-3-10(12(18)19)16-13(20)17-11-6-8(7-15)4-5-9(11)14/h4-6,10H,2-3H2,1H3,(H,18,19)(H2,16,17,20). The fraction of sp³-hybridized carbons (Fsp3) is 0.308. The smallest absolute Gasteiger partial charge is 0.326 e. The van der Waals surface area contributed by atoms with E-state index in [4.69, 9.17) is 22.0 Å². The number of urea groups is 1. The molecule has 0 spiro atoms. The molecule has 0 aromatic heterocycles. The number of aliphatic carboxylic acids is 1. The zero-order valence-corrected chi connectivity index (χ0v) is 11.6. The minimum atomic E-state index is -1.10. The van der Waals surface area contributed by atoms with E-state index in [1.807, 2.05) is 13.0 Å². The maximum absolute atomic E-state index is 11.7. The summed E-state index contributed by atoms with van der Waals surface area (Å²) < 4.78 is 0. The zero-order valence-electron chi connectivity index (χ0n) is 10.8. The van der Waals surface area contributed by atoms with E-state index in [0.717, 1.165) is 0 Å². The second-order valence-corrected chi connectivity index (χ2v) is 4.49. The summed E-state index contributed by atoms with van der Waals surface area (Å²) in [6, 6.07) is 4.70. The summed E-state index contributed by atoms with van der Waals surface area (Å²) in [6.45, 7) is 1.82. The molecule has 1 rings (SSSR count). The Labute approximate surface area is 121 Å². The van der Waals surface area contributed by atoms with Crippen molar-refractivity contribution < 1.29 is 14.7 Å². The third-order valence-electron chi connectivity index (χ3n) is 2.52. The first kappa shape index (κ1) is 15.8. The van der Waals surface area contributed by atoms with E-state index in [-0.39, 0.29) is 10.7 Å². The summed E-state index contributed by atoms with van der Waals surface area (Å²) in [6.07, 6.45) is 0.955. The van der Waals surface area contributed by atoms with Crippen LogP contribution in [0.3, 0.4) is 0 Å². The normalized spacial score (nSPS) is 11.2. The molecule has 0 radical (unpaired) electrons. The lowest BCUT2D eigenvalue weighted by molar-refractivity contribution is -0.139. The van der Waals surface area contributed by atoms with Gasteiger partial charge in [0.05, 0.1) is 22.3 Å². The number of halogens is 1. The molecule has 0 saturated carbocycles. The van der Waals surface area contributed by atoms with Crippen LogP contribution in [-0.4, -0.2) is 23.1 Å². The number of hydrogen-bond acceptors (Lipinski definition) is 3. The molecule has 7 heteroatoms. The highest BCUT2D eigenvalue weighted by atomic mass is 35.5. The Balaban J connectivity index is 2.75. The van der Waals surface area contributed by atoms with Crippen LogP contribution in [0.4, 0.5) is 10.5 Å². The highest BCUT2D eigenvalue weighted by Crippen LogP contribution is 2.22. The number of anilines is 1. The molecule has 20 heavy (non-hydrogen) atoms. The summed E-state index contributed by atoms with van der Waals surface area (Å²) in [7, 11) is 0. The van der Waals surface area contributed by atoms with Crippen molar-refractivity contribution in [1.82, 2.24) is 5.32 Å². The monoisotopic (exact) mass is 295 g/mol. The lowest BCUT2D eigenvalue weighted by Gasteiger charge is -2.14. The number of carboxylic acids is 1. The molecule has 0 heterocycles. The van der Waals surface area contributed by atoms with Crippen LogP contribution in [0.5, 0.6) is 0 Å². The molecule has 6 nitrogen and oxygen atoms in total. The Kier molecular flexibility index (Phi) is 5.81. The third kappa shape index (κ3) is 4.44. The molecule has 1 atom stereocenters. The van der Waals surface area contributed by atoms with Crippen LogP contribution in [0.15, 0.2) is 18.2 Å². The summed E-state index contributed by atoms with van der Waals surface area (Å²) in [5.74, 6) is -1.10. The van der Waals surface area contributed by atoms with Gasteiger partial charge < -0.3 is 15.7 Å². The highest BCUT2D eigenvalue weighted by molar-refractivity contribution is 6.33. The van der Waals surface area contributed by atoms with Crippen LogP contribution in [0, 0.1) is 11.3 Å². The second-order valence-electron chi connectivity index (χ2n) is 4.08. The van der Waals surface area contributed by atoms with Gasteiger partial charge >= 0.3 is 12.0 Å². The molecule has 0 aliphatic carbocycles. The van der Waals surface area contributed by atoms with Crippen LogP contribution in [0.25, 0.3) is 0 Å². The molecule has 1 aromatic carbocycles. The topological polar surface area (TPSA) is 102 Å². The van der Waals surface area contributed by atoms with Crippen molar-refractivity contribution in [2.75, 3.05) is 5.32 Å². The van der Waals surface area contributed by atoms with Crippen LogP contribution >= 0.6 is 11.6 Å². The van der Waals surface area contributed by atoms with Gasteiger partial charge in [0.25, 0.3) is 0 Å². The van der Waals surface area contributed by atoms with Crippen molar-refractivity contribution in [3.05, 3.63) is 28.8 Å². The molecule has 0 aliphatic heterocycles. The van der Waals surface area contributed by atoms with E-state index in [9.17, 15) is 9.59 Å². The first-order valence-corrected chi connectivity index (χ1v) is 6.35. The lowest BCUT2D eigenvalue weighted by atomic mass is 10.2. The Morgan fingerprint density at radius 2 is 2.20 bits per heavy atom. The van der Waals surface area contributed by atoms with Gasteiger partial charge in [0, 0.05) is 0 Å². The van der Waals surface area contributed by atoms with Crippen molar-refractivity contribution in [1.29, 1.82) is 5.26 Å². The minimum Gasteiger partial charge on any atom is -0.480 e. The Morgan fingerprint density at radius 1 is 1.50 bits per heavy atom. The van der Waals surface area contributed by atoms with Gasteiger partial charge in [0.15, 0.2) is 0 Å². The fourth-order valence-corrected chi connectivity index (χ4v) is 1.72. The zero-order chi connectivity index (χ0) is 15.1. The van der Waals surface area contributed by atoms with Crippen LogP contribution in [0.2, 0.25) is 5.02 Å². The number of amides is 2. The number of hydrogen-bond donors (Lipinski definition) is 3. The van der Waals surface area contributed by atoms with Gasteiger partial charge in [0.1, 0.15) is 6.04 Å². The molecule has 1 aromatic rings. The quantitative estimate of drug-likeness (QED) is 0.777. The van der Waals surface area contributed by atoms with Gasteiger partial charge in [-0.25, -0.2) is 9.59 Å². The molecule has 0 saturated heterocycles. The average Bonchev–Trinajstić information content (AvgIpc) is 2.40. The van der Waals surface area contributed by atoms with Crippen molar-refractivity contribution in [3.8, 4) is 6.07 Å². The van der Waals surface area contributed by atoms with Gasteiger partial charge in [-0.15, -0.1) is 0 Å². The van der Waals surface area contributed by atoms with Gasteiger partial charge in [-0.05, 0) is 24.6 Å². The van der Waals surface area contributed by atoms with Crippen LogP contribution < -0.4 is 10.6 Å². The van der Waals surface area contributed by atoms with Crippen molar-refractivity contribution in [2.45, 2.75) is 25.8 Å². The van der Waals surface area contributed by atoms with E-state index >= 15 is 0 Å². The largest absolute Gasteiger partial charge is 0.480 e. The number of nitrogens with zero attached hydrogens (tertiary/aromatic N) is 1. The molecule has 106 valence electrons. The summed E-state index contributed by atoms with van der Waals surface area (Å²) >= 11 is 5.89. The molecule has 0 fully saturated rings. The van der Waals surface area contributed by atoms with Crippen LogP contribution in [0.1, 0.15) is 25.3 Å². The number of benzene rings is 1. The third-order valence-corrected chi connectivity index (χ3v) is 2.85. The molecule has 3 N–H and O–H groups in total. The van der Waals surface area contributed by atoms with E-state index in [0.29, 0.717) is 18.4 Å². The predicted molar refractivity (Wildman–Crippen MR) is 74.7 cm³/mol. The summed E-state index contributed by atoms with van der Waals surface area (Å²) in [5, 5.41) is 22.8. The molecule has 0 aliphatic rings. The van der Waals surface area contributed by atoms with E-state index in [2.05, 4.69) is 10.6 Å². The first-order chi connectivity index (χ1) is 9.47. The Morgan fingerprint density at radius 3 is 2.75 bits per heavy atom. The SMILES string of the molecule is CCCC(NC(=O)Nc1cc(C#N)ccc1Cl)C(=O)O. The number of carboxylic acid groups (broad SMARTS) is 1. The van der Waals surface area contributed by atoms with Crippen molar-refractivity contribution in [3.63, 3.8) is 0 Å². The molecule has 2 amide bonds. The summed E-state index contributed by atoms with van der Waals surface area (Å²) in [4.78, 5) is 22.7. The van der Waals surface area contributed by atoms with E-state index < -0.39 is 18.0 Å². The number of rotatable bonds is 5. The van der Waals surface area contributed by atoms with E-state index in [1.165, 1.54) is 18.2 Å². The average molecular weight is 296 g/mol. The Hall–Kier alpha value is -2.26. The fourth-order valence-electron chi connectivity index (χ4n) is 1.55. The Bertz CT molecular complexity index is 554. The van der Waals surface area contributed by atoms with E-state index in [1.54, 1.807) is 0 Å². The summed E-state index contributed by atoms with van der Waals surface area (Å²) in [5.41, 5.74) is 0.594. The number of carbonyl (C=O) groups is 2. The highest BCUT2D eigenvalue weighted by Gasteiger charge is 2.19. The molecular weight excluding hydrogens is 282 g/mol. The first-order valence-electron chi connectivity index (χ1n) is 5.98. The van der Waals surface area contributed by atoms with Crippen LogP contribution in [-0.2, 0) is 4.79 Å². The number of nitriles is 1. The van der Waals surface area contributed by atoms with Gasteiger partial charge in [-0.2, -0.15) is 5.26 Å². The number of nitrogens with one attached hydrogen (secondary N) is 2. The predicted octanol–water partition coefficient (Wildman–Crippen LogP) is 2.59. The van der Waals surface area contributed by atoms with Gasteiger partial charge in [0.2, 0.25) is 0 Å². The van der Waals surface area contributed by atoms with Crippen molar-refractivity contribution >= 4 is 29.3 Å². The van der Waals surface area contributed by atoms with Gasteiger partial charge in [-0.1, -0.05) is 24.9 Å². The minimum absolute atomic E-state index is 0.254. The molecule has 1 unspecified atom stereocenters. The second kappa shape index (κ2) is 7.36.